The van der Waals surface area contributed by atoms with Crippen LogP contribution in [0.3, 0.4) is 0 Å². The molecular formula is C13H14Cl2O2. The number of hydrogen-bond donors (Lipinski definition) is 1. The lowest BCUT2D eigenvalue weighted by Gasteiger charge is -2.09. The summed E-state index contributed by atoms with van der Waals surface area (Å²) in [5, 5.41) is 9.67. The van der Waals surface area contributed by atoms with Gasteiger partial charge in [0.15, 0.2) is 0 Å². The first-order chi connectivity index (χ1) is 8.06. The van der Waals surface area contributed by atoms with Crippen LogP contribution in [0.15, 0.2) is 24.3 Å². The van der Waals surface area contributed by atoms with Crippen molar-refractivity contribution in [3.63, 3.8) is 0 Å². The van der Waals surface area contributed by atoms with Crippen LogP contribution in [0, 0.1) is 0 Å². The van der Waals surface area contributed by atoms with Crippen molar-refractivity contribution in [3.05, 3.63) is 39.9 Å². The maximum atomic E-state index is 10.6. The van der Waals surface area contributed by atoms with E-state index in [1.54, 1.807) is 12.1 Å². The molecule has 0 fully saturated rings. The molecule has 0 spiro atoms. The third-order valence-corrected chi connectivity index (χ3v) is 3.16. The van der Waals surface area contributed by atoms with E-state index in [9.17, 15) is 4.79 Å². The van der Waals surface area contributed by atoms with Crippen LogP contribution in [0.1, 0.15) is 31.7 Å². The molecule has 0 aromatic heterocycles. The van der Waals surface area contributed by atoms with Crippen LogP contribution in [-0.4, -0.2) is 11.1 Å². The fourth-order valence-corrected chi connectivity index (χ4v) is 2.00. The van der Waals surface area contributed by atoms with Gasteiger partial charge in [-0.1, -0.05) is 54.8 Å². The van der Waals surface area contributed by atoms with Crippen LogP contribution < -0.4 is 0 Å². The molecule has 0 heterocycles. The summed E-state index contributed by atoms with van der Waals surface area (Å²) < 4.78 is 0. The van der Waals surface area contributed by atoms with Crippen molar-refractivity contribution < 1.29 is 9.90 Å². The molecule has 0 saturated carbocycles. The quantitative estimate of drug-likeness (QED) is 0.847. The minimum absolute atomic E-state index is 0.00181. The highest BCUT2D eigenvalue weighted by molar-refractivity contribution is 6.43. The lowest BCUT2D eigenvalue weighted by molar-refractivity contribution is -0.135. The second-order valence-corrected chi connectivity index (χ2v) is 4.46. The van der Waals surface area contributed by atoms with Gasteiger partial charge < -0.3 is 5.11 Å². The Labute approximate surface area is 111 Å². The van der Waals surface area contributed by atoms with E-state index in [2.05, 4.69) is 0 Å². The number of aliphatic carboxylic acids is 1. The van der Waals surface area contributed by atoms with E-state index in [1.165, 1.54) is 0 Å². The number of halogens is 2. The maximum Gasteiger partial charge on any atom is 0.307 e. The number of allylic oxidation sites excluding steroid dienone is 1. The number of rotatable bonds is 5. The molecule has 2 nitrogen and oxygen atoms in total. The first-order valence-electron chi connectivity index (χ1n) is 5.41. The molecule has 1 aromatic carbocycles. The van der Waals surface area contributed by atoms with Gasteiger partial charge in [-0.3, -0.25) is 4.79 Å². The summed E-state index contributed by atoms with van der Waals surface area (Å²) >= 11 is 12.1. The molecule has 92 valence electrons. The first-order valence-corrected chi connectivity index (χ1v) is 6.17. The van der Waals surface area contributed by atoms with E-state index in [0.29, 0.717) is 10.0 Å². The van der Waals surface area contributed by atoms with Crippen LogP contribution in [-0.2, 0) is 4.79 Å². The van der Waals surface area contributed by atoms with Crippen molar-refractivity contribution in [1.29, 1.82) is 0 Å². The monoisotopic (exact) mass is 272 g/mol. The highest BCUT2D eigenvalue weighted by Gasteiger charge is 2.09. The topological polar surface area (TPSA) is 37.3 Å². The molecule has 0 amide bonds. The smallest absolute Gasteiger partial charge is 0.307 e. The van der Waals surface area contributed by atoms with Crippen LogP contribution in [0.5, 0.6) is 0 Å². The van der Waals surface area contributed by atoms with Crippen LogP contribution >= 0.6 is 23.2 Å². The maximum absolute atomic E-state index is 10.6. The summed E-state index contributed by atoms with van der Waals surface area (Å²) in [6.07, 6.45) is 3.41. The molecule has 1 N–H and O–H groups in total. The van der Waals surface area contributed by atoms with Gasteiger partial charge in [0.1, 0.15) is 0 Å². The fourth-order valence-electron chi connectivity index (χ4n) is 1.58. The van der Waals surface area contributed by atoms with Crippen LogP contribution in [0.4, 0.5) is 0 Å². The van der Waals surface area contributed by atoms with Crippen molar-refractivity contribution in [2.75, 3.05) is 0 Å². The van der Waals surface area contributed by atoms with Gasteiger partial charge in [-0.05, 0) is 23.6 Å². The Balaban J connectivity index is 3.09. The van der Waals surface area contributed by atoms with E-state index >= 15 is 0 Å². The van der Waals surface area contributed by atoms with Crippen molar-refractivity contribution in [3.8, 4) is 0 Å². The van der Waals surface area contributed by atoms with Crippen LogP contribution in [0.25, 0.3) is 5.57 Å². The van der Waals surface area contributed by atoms with Gasteiger partial charge >= 0.3 is 5.97 Å². The van der Waals surface area contributed by atoms with Gasteiger partial charge in [0.25, 0.3) is 0 Å². The van der Waals surface area contributed by atoms with E-state index in [4.69, 9.17) is 28.3 Å². The molecule has 0 atom stereocenters. The van der Waals surface area contributed by atoms with Gasteiger partial charge in [0.05, 0.1) is 16.5 Å². The zero-order valence-electron chi connectivity index (χ0n) is 9.54. The number of carbonyl (C=O) groups is 1. The van der Waals surface area contributed by atoms with Crippen molar-refractivity contribution in [2.24, 2.45) is 0 Å². The minimum Gasteiger partial charge on any atom is -0.481 e. The lowest BCUT2D eigenvalue weighted by Crippen LogP contribution is -1.93. The molecule has 4 heteroatoms. The normalized spacial score (nSPS) is 11.6. The molecule has 0 saturated heterocycles. The van der Waals surface area contributed by atoms with E-state index in [-0.39, 0.29) is 6.42 Å². The molecule has 0 aliphatic heterocycles. The third-order valence-electron chi connectivity index (χ3n) is 2.34. The molecule has 0 aliphatic carbocycles. The average molecular weight is 273 g/mol. The number of hydrogen-bond acceptors (Lipinski definition) is 1. The molecule has 0 unspecified atom stereocenters. The Morgan fingerprint density at radius 1 is 1.41 bits per heavy atom. The van der Waals surface area contributed by atoms with Gasteiger partial charge in [0.2, 0.25) is 0 Å². The second kappa shape index (κ2) is 6.67. The Hall–Kier alpha value is -0.990. The van der Waals surface area contributed by atoms with Crippen molar-refractivity contribution in [2.45, 2.75) is 26.2 Å². The van der Waals surface area contributed by atoms with E-state index in [1.807, 2.05) is 19.1 Å². The molecule has 1 aromatic rings. The number of carboxylic acids is 1. The van der Waals surface area contributed by atoms with E-state index in [0.717, 1.165) is 24.0 Å². The Bertz CT molecular complexity index is 439. The van der Waals surface area contributed by atoms with Crippen molar-refractivity contribution >= 4 is 34.7 Å². The minimum atomic E-state index is -0.850. The van der Waals surface area contributed by atoms with Gasteiger partial charge in [0, 0.05) is 0 Å². The summed E-state index contributed by atoms with van der Waals surface area (Å²) in [4.78, 5) is 10.6. The summed E-state index contributed by atoms with van der Waals surface area (Å²) in [5.74, 6) is -0.850. The highest BCUT2D eigenvalue weighted by Crippen LogP contribution is 2.32. The Kier molecular flexibility index (Phi) is 5.52. The Morgan fingerprint density at radius 2 is 2.12 bits per heavy atom. The SMILES string of the molecule is CCC/C(=C\CC(=O)O)c1cccc(Cl)c1Cl. The third kappa shape index (κ3) is 4.06. The van der Waals surface area contributed by atoms with Crippen molar-refractivity contribution in [1.82, 2.24) is 0 Å². The predicted molar refractivity (Wildman–Crippen MR) is 71.6 cm³/mol. The molecule has 0 radical (unpaired) electrons. The summed E-state index contributed by atoms with van der Waals surface area (Å²) in [5.41, 5.74) is 1.75. The molecule has 1 rings (SSSR count). The fraction of sp³-hybridized carbons (Fsp3) is 0.308. The largest absolute Gasteiger partial charge is 0.481 e. The first kappa shape index (κ1) is 14.1. The lowest BCUT2D eigenvalue weighted by atomic mass is 10.00. The van der Waals surface area contributed by atoms with Crippen LogP contribution in [0.2, 0.25) is 10.0 Å². The molecule has 17 heavy (non-hydrogen) atoms. The van der Waals surface area contributed by atoms with Gasteiger partial charge in [-0.25, -0.2) is 0 Å². The van der Waals surface area contributed by atoms with Gasteiger partial charge in [-0.2, -0.15) is 0 Å². The molecule has 0 aliphatic rings. The second-order valence-electron chi connectivity index (χ2n) is 3.68. The Morgan fingerprint density at radius 3 is 2.71 bits per heavy atom. The predicted octanol–water partition coefficient (Wildman–Crippen LogP) is 4.65. The highest BCUT2D eigenvalue weighted by atomic mass is 35.5. The molecular weight excluding hydrogens is 259 g/mol. The molecule has 0 bridgehead atoms. The zero-order chi connectivity index (χ0) is 12.8. The zero-order valence-corrected chi connectivity index (χ0v) is 11.1. The van der Waals surface area contributed by atoms with Gasteiger partial charge in [-0.15, -0.1) is 0 Å². The van der Waals surface area contributed by atoms with E-state index < -0.39 is 5.97 Å². The number of benzene rings is 1. The standard InChI is InChI=1S/C13H14Cl2O2/c1-2-4-9(7-8-12(16)17)10-5-3-6-11(14)13(10)15/h3,5-7H,2,4,8H2,1H3,(H,16,17)/b9-7+. The summed E-state index contributed by atoms with van der Waals surface area (Å²) in [6.45, 7) is 2.03. The summed E-state index contributed by atoms with van der Waals surface area (Å²) in [6, 6.07) is 5.39. The summed E-state index contributed by atoms with van der Waals surface area (Å²) in [7, 11) is 0. The number of carboxylic acid groups (broad SMARTS) is 1. The average Bonchev–Trinajstić information content (AvgIpc) is 2.28.